The number of hydrogen-bond donors (Lipinski definition) is 2. The predicted octanol–water partition coefficient (Wildman–Crippen LogP) is -0.293. The molecule has 0 aromatic heterocycles. The van der Waals surface area contributed by atoms with Crippen LogP contribution in [0.2, 0.25) is 0 Å². The summed E-state index contributed by atoms with van der Waals surface area (Å²) in [5, 5.41) is 3.27. The van der Waals surface area contributed by atoms with Crippen LogP contribution in [-0.2, 0) is 10.0 Å². The zero-order valence-corrected chi connectivity index (χ0v) is 12.4. The standard InChI is InChI=1S/C11H23N3O2S2/c15-18(16,13-11-1-8-17-9-2-11)10-7-14-5-3-12-4-6-14/h11-13H,1-10H2. The maximum absolute atomic E-state index is 12.0. The molecule has 18 heavy (non-hydrogen) atoms. The van der Waals surface area contributed by atoms with Crippen LogP contribution in [0.25, 0.3) is 0 Å². The first-order valence-corrected chi connectivity index (χ1v) is 9.47. The maximum Gasteiger partial charge on any atom is 0.213 e. The highest BCUT2D eigenvalue weighted by Crippen LogP contribution is 2.17. The smallest absolute Gasteiger partial charge is 0.213 e. The molecule has 5 nitrogen and oxygen atoms in total. The quantitative estimate of drug-likeness (QED) is 0.729. The van der Waals surface area contributed by atoms with E-state index in [0.29, 0.717) is 6.54 Å². The molecule has 0 aromatic carbocycles. The minimum absolute atomic E-state index is 0.166. The SMILES string of the molecule is O=S(=O)(CCN1CCNCC1)NC1CCSCC1. The third-order valence-electron chi connectivity index (χ3n) is 3.45. The van der Waals surface area contributed by atoms with Gasteiger partial charge in [0.2, 0.25) is 10.0 Å². The van der Waals surface area contributed by atoms with Crippen LogP contribution in [0, 0.1) is 0 Å². The van der Waals surface area contributed by atoms with Gasteiger partial charge in [-0.3, -0.25) is 4.90 Å². The number of nitrogens with one attached hydrogen (secondary N) is 2. The lowest BCUT2D eigenvalue weighted by atomic mass is 10.2. The van der Waals surface area contributed by atoms with Crippen LogP contribution < -0.4 is 10.0 Å². The van der Waals surface area contributed by atoms with E-state index in [1.807, 2.05) is 11.8 Å². The molecule has 2 aliphatic rings. The van der Waals surface area contributed by atoms with Crippen molar-refractivity contribution in [3.63, 3.8) is 0 Å². The Morgan fingerprint density at radius 2 is 1.89 bits per heavy atom. The molecule has 2 heterocycles. The molecule has 7 heteroatoms. The third-order valence-corrected chi connectivity index (χ3v) is 5.91. The van der Waals surface area contributed by atoms with E-state index in [1.54, 1.807) is 0 Å². The number of rotatable bonds is 5. The van der Waals surface area contributed by atoms with Crippen LogP contribution in [0.3, 0.4) is 0 Å². The topological polar surface area (TPSA) is 61.4 Å². The van der Waals surface area contributed by atoms with Crippen molar-refractivity contribution in [2.45, 2.75) is 18.9 Å². The van der Waals surface area contributed by atoms with Crippen LogP contribution in [0.5, 0.6) is 0 Å². The fourth-order valence-electron chi connectivity index (χ4n) is 2.31. The van der Waals surface area contributed by atoms with Crippen molar-refractivity contribution < 1.29 is 8.42 Å². The summed E-state index contributed by atoms with van der Waals surface area (Å²) in [6.45, 7) is 4.49. The van der Waals surface area contributed by atoms with Gasteiger partial charge >= 0.3 is 0 Å². The summed E-state index contributed by atoms with van der Waals surface area (Å²) in [5.74, 6) is 2.38. The molecule has 0 amide bonds. The van der Waals surface area contributed by atoms with E-state index in [9.17, 15) is 8.42 Å². The van der Waals surface area contributed by atoms with Crippen molar-refractivity contribution >= 4 is 21.8 Å². The summed E-state index contributed by atoms with van der Waals surface area (Å²) in [6.07, 6.45) is 1.94. The van der Waals surface area contributed by atoms with Gasteiger partial charge in [0.05, 0.1) is 5.75 Å². The van der Waals surface area contributed by atoms with Crippen molar-refractivity contribution in [2.24, 2.45) is 0 Å². The molecule has 0 spiro atoms. The Morgan fingerprint density at radius 1 is 1.22 bits per heavy atom. The van der Waals surface area contributed by atoms with Crippen molar-refractivity contribution in [1.29, 1.82) is 0 Å². The number of hydrogen-bond acceptors (Lipinski definition) is 5. The maximum atomic E-state index is 12.0. The van der Waals surface area contributed by atoms with Gasteiger partial charge in [-0.05, 0) is 24.3 Å². The van der Waals surface area contributed by atoms with E-state index in [2.05, 4.69) is 14.9 Å². The molecule has 2 aliphatic heterocycles. The van der Waals surface area contributed by atoms with Gasteiger partial charge in [0.25, 0.3) is 0 Å². The van der Waals surface area contributed by atoms with Crippen LogP contribution in [0.1, 0.15) is 12.8 Å². The van der Waals surface area contributed by atoms with E-state index in [1.165, 1.54) is 0 Å². The molecule has 0 aliphatic carbocycles. The lowest BCUT2D eigenvalue weighted by molar-refractivity contribution is 0.253. The zero-order valence-electron chi connectivity index (χ0n) is 10.7. The summed E-state index contributed by atoms with van der Waals surface area (Å²) in [7, 11) is -3.10. The molecule has 0 aromatic rings. The number of thioether (sulfide) groups is 1. The Labute approximate surface area is 114 Å². The fraction of sp³-hybridized carbons (Fsp3) is 1.00. The van der Waals surface area contributed by atoms with Crippen LogP contribution in [0.15, 0.2) is 0 Å². The minimum Gasteiger partial charge on any atom is -0.314 e. The molecule has 2 saturated heterocycles. The highest BCUT2D eigenvalue weighted by Gasteiger charge is 2.21. The van der Waals surface area contributed by atoms with Crippen LogP contribution in [-0.4, -0.2) is 69.3 Å². The molecule has 2 N–H and O–H groups in total. The summed E-state index contributed by atoms with van der Waals surface area (Å²) in [6, 6.07) is 0.166. The Morgan fingerprint density at radius 3 is 2.56 bits per heavy atom. The summed E-state index contributed by atoms with van der Waals surface area (Å²) < 4.78 is 26.8. The number of nitrogens with zero attached hydrogens (tertiary/aromatic N) is 1. The van der Waals surface area contributed by atoms with Crippen molar-refractivity contribution in [3.8, 4) is 0 Å². The van der Waals surface area contributed by atoms with Gasteiger partial charge in [-0.1, -0.05) is 0 Å². The fourth-order valence-corrected chi connectivity index (χ4v) is 4.78. The molecular weight excluding hydrogens is 270 g/mol. The largest absolute Gasteiger partial charge is 0.314 e. The molecule has 0 unspecified atom stereocenters. The average Bonchev–Trinajstić information content (AvgIpc) is 2.38. The zero-order chi connectivity index (χ0) is 12.8. The summed E-state index contributed by atoms with van der Waals surface area (Å²) in [4.78, 5) is 2.21. The van der Waals surface area contributed by atoms with Crippen LogP contribution >= 0.6 is 11.8 Å². The molecule has 106 valence electrons. The molecule has 2 fully saturated rings. The average molecular weight is 293 g/mol. The van der Waals surface area contributed by atoms with Crippen molar-refractivity contribution in [3.05, 3.63) is 0 Å². The Balaban J connectivity index is 1.72. The monoisotopic (exact) mass is 293 g/mol. The van der Waals surface area contributed by atoms with E-state index in [-0.39, 0.29) is 11.8 Å². The van der Waals surface area contributed by atoms with Gasteiger partial charge in [0.1, 0.15) is 0 Å². The van der Waals surface area contributed by atoms with E-state index >= 15 is 0 Å². The van der Waals surface area contributed by atoms with Gasteiger partial charge in [-0.15, -0.1) is 0 Å². The second-order valence-corrected chi connectivity index (χ2v) is 8.01. The van der Waals surface area contributed by atoms with Crippen molar-refractivity contribution in [1.82, 2.24) is 14.9 Å². The highest BCUT2D eigenvalue weighted by atomic mass is 32.2. The number of sulfonamides is 1. The normalized spacial score (nSPS) is 24.2. The Kier molecular flexibility index (Phi) is 5.75. The van der Waals surface area contributed by atoms with E-state index in [4.69, 9.17) is 0 Å². The third kappa shape index (κ3) is 5.05. The van der Waals surface area contributed by atoms with Crippen molar-refractivity contribution in [2.75, 3.05) is 50.0 Å². The van der Waals surface area contributed by atoms with Gasteiger partial charge in [0, 0.05) is 38.8 Å². The predicted molar refractivity (Wildman–Crippen MR) is 76.6 cm³/mol. The Hall–Kier alpha value is 0.180. The Bertz CT molecular complexity index is 336. The summed E-state index contributed by atoms with van der Waals surface area (Å²) in [5.41, 5.74) is 0. The molecule has 0 bridgehead atoms. The minimum atomic E-state index is -3.10. The van der Waals surface area contributed by atoms with Gasteiger partial charge in [-0.2, -0.15) is 11.8 Å². The highest BCUT2D eigenvalue weighted by molar-refractivity contribution is 7.99. The van der Waals surface area contributed by atoms with Gasteiger partial charge in [-0.25, -0.2) is 13.1 Å². The second-order valence-electron chi connectivity index (χ2n) is 4.92. The van der Waals surface area contributed by atoms with E-state index < -0.39 is 10.0 Å². The first-order valence-electron chi connectivity index (χ1n) is 6.66. The molecular formula is C11H23N3O2S2. The van der Waals surface area contributed by atoms with Gasteiger partial charge < -0.3 is 5.32 Å². The molecule has 2 rings (SSSR count). The van der Waals surface area contributed by atoms with Crippen LogP contribution in [0.4, 0.5) is 0 Å². The lowest BCUT2D eigenvalue weighted by Gasteiger charge is -2.27. The summed E-state index contributed by atoms with van der Waals surface area (Å²) >= 11 is 1.91. The molecule has 0 radical (unpaired) electrons. The molecule has 0 saturated carbocycles. The number of piperazine rings is 1. The first-order chi connectivity index (χ1) is 8.66. The second kappa shape index (κ2) is 7.09. The lowest BCUT2D eigenvalue weighted by Crippen LogP contribution is -2.47. The van der Waals surface area contributed by atoms with Gasteiger partial charge in [0.15, 0.2) is 0 Å². The first kappa shape index (κ1) is 14.6. The molecule has 0 atom stereocenters. The van der Waals surface area contributed by atoms with E-state index in [0.717, 1.165) is 50.5 Å².